The Kier molecular flexibility index (Phi) is 5.02. The maximum absolute atomic E-state index is 11.9. The molecule has 0 radical (unpaired) electrons. The van der Waals surface area contributed by atoms with Crippen LogP contribution in [0.15, 0.2) is 15.6 Å². The molecule has 1 heterocycles. The Morgan fingerprint density at radius 3 is 2.41 bits per heavy atom. The molecule has 0 aliphatic heterocycles. The second-order valence-electron chi connectivity index (χ2n) is 3.34. The van der Waals surface area contributed by atoms with E-state index >= 15 is 0 Å². The highest BCUT2D eigenvalue weighted by Gasteiger charge is 2.19. The van der Waals surface area contributed by atoms with Gasteiger partial charge in [0.25, 0.3) is 0 Å². The van der Waals surface area contributed by atoms with Gasteiger partial charge in [0.1, 0.15) is 4.38 Å². The summed E-state index contributed by atoms with van der Waals surface area (Å²) in [6, 6.07) is 0.0171. The molecule has 0 bridgehead atoms. The van der Waals surface area contributed by atoms with Gasteiger partial charge in [-0.3, -0.25) is 0 Å². The summed E-state index contributed by atoms with van der Waals surface area (Å²) in [5, 5.41) is 7.66. The SMILES string of the molecule is CSC(=NS(=O)(=O)c1cnn(C(C)C)n1)SC. The van der Waals surface area contributed by atoms with Crippen molar-refractivity contribution in [2.75, 3.05) is 12.5 Å². The van der Waals surface area contributed by atoms with Crippen LogP contribution < -0.4 is 0 Å². The first-order valence-corrected chi connectivity index (χ1v) is 8.64. The Morgan fingerprint density at radius 1 is 1.41 bits per heavy atom. The molecule has 6 nitrogen and oxygen atoms in total. The fraction of sp³-hybridized carbons (Fsp3) is 0.625. The second kappa shape index (κ2) is 5.87. The van der Waals surface area contributed by atoms with Gasteiger partial charge in [-0.15, -0.1) is 33.0 Å². The Morgan fingerprint density at radius 2 is 2.00 bits per heavy atom. The Hall–Kier alpha value is -0.540. The lowest BCUT2D eigenvalue weighted by molar-refractivity contribution is 0.458. The van der Waals surface area contributed by atoms with E-state index < -0.39 is 10.0 Å². The zero-order valence-corrected chi connectivity index (χ0v) is 12.4. The Balaban J connectivity index is 3.09. The molecule has 96 valence electrons. The van der Waals surface area contributed by atoms with Crippen molar-refractivity contribution in [3.8, 4) is 0 Å². The van der Waals surface area contributed by atoms with Crippen molar-refractivity contribution in [3.63, 3.8) is 0 Å². The largest absolute Gasteiger partial charge is 0.304 e. The van der Waals surface area contributed by atoms with Crippen molar-refractivity contribution in [1.29, 1.82) is 0 Å². The Labute approximate surface area is 109 Å². The summed E-state index contributed by atoms with van der Waals surface area (Å²) in [5.41, 5.74) is 0. The molecule has 0 N–H and O–H groups in total. The van der Waals surface area contributed by atoms with Gasteiger partial charge < -0.3 is 0 Å². The topological polar surface area (TPSA) is 77.2 Å². The minimum absolute atomic E-state index is 0.0171. The molecule has 0 saturated heterocycles. The van der Waals surface area contributed by atoms with Crippen LogP contribution in [-0.4, -0.2) is 40.3 Å². The van der Waals surface area contributed by atoms with Crippen molar-refractivity contribution in [2.24, 2.45) is 4.40 Å². The van der Waals surface area contributed by atoms with E-state index in [0.29, 0.717) is 4.38 Å². The first-order chi connectivity index (χ1) is 7.90. The minimum atomic E-state index is -3.74. The van der Waals surface area contributed by atoms with Gasteiger partial charge in [-0.2, -0.15) is 18.3 Å². The van der Waals surface area contributed by atoms with E-state index in [0.717, 1.165) is 0 Å². The summed E-state index contributed by atoms with van der Waals surface area (Å²) in [5.74, 6) is 0. The van der Waals surface area contributed by atoms with E-state index in [1.807, 2.05) is 13.8 Å². The number of aromatic nitrogens is 3. The predicted molar refractivity (Wildman–Crippen MR) is 72.1 cm³/mol. The van der Waals surface area contributed by atoms with Gasteiger partial charge in [0.2, 0.25) is 5.03 Å². The lowest BCUT2D eigenvalue weighted by Crippen LogP contribution is -2.07. The van der Waals surface area contributed by atoms with Gasteiger partial charge in [-0.05, 0) is 26.4 Å². The lowest BCUT2D eigenvalue weighted by Gasteiger charge is -2.01. The summed E-state index contributed by atoms with van der Waals surface area (Å²) in [6.07, 6.45) is 4.77. The van der Waals surface area contributed by atoms with E-state index in [1.54, 1.807) is 12.5 Å². The van der Waals surface area contributed by atoms with Crippen LogP contribution in [0, 0.1) is 0 Å². The maximum Gasteiger partial charge on any atom is 0.304 e. The van der Waals surface area contributed by atoms with Gasteiger partial charge in [0.15, 0.2) is 0 Å². The number of sulfonamides is 1. The molecule has 0 aromatic carbocycles. The second-order valence-corrected chi connectivity index (χ2v) is 6.74. The van der Waals surface area contributed by atoms with Gasteiger partial charge in [0.05, 0.1) is 12.2 Å². The zero-order valence-electron chi connectivity index (χ0n) is 9.98. The molecule has 0 spiro atoms. The molecule has 0 aliphatic carbocycles. The van der Waals surface area contributed by atoms with Crippen LogP contribution in [0.5, 0.6) is 0 Å². The lowest BCUT2D eigenvalue weighted by atomic mass is 10.4. The number of rotatable bonds is 3. The van der Waals surface area contributed by atoms with Crippen LogP contribution in [-0.2, 0) is 10.0 Å². The van der Waals surface area contributed by atoms with Crippen molar-refractivity contribution < 1.29 is 8.42 Å². The van der Waals surface area contributed by atoms with Crippen molar-refractivity contribution in [3.05, 3.63) is 6.20 Å². The quantitative estimate of drug-likeness (QED) is 0.623. The highest BCUT2D eigenvalue weighted by atomic mass is 32.2. The predicted octanol–water partition coefficient (Wildman–Crippen LogP) is 1.63. The molecular formula is C8H14N4O2S3. The fourth-order valence-electron chi connectivity index (χ4n) is 0.931. The highest BCUT2D eigenvalue weighted by Crippen LogP contribution is 2.17. The fourth-order valence-corrected chi connectivity index (χ4v) is 3.44. The van der Waals surface area contributed by atoms with Crippen molar-refractivity contribution in [1.82, 2.24) is 15.0 Å². The van der Waals surface area contributed by atoms with Crippen molar-refractivity contribution in [2.45, 2.75) is 24.9 Å². The Bertz CT molecular complexity index is 501. The monoisotopic (exact) mass is 294 g/mol. The molecule has 0 fully saturated rings. The number of nitrogens with zero attached hydrogens (tertiary/aromatic N) is 4. The summed E-state index contributed by atoms with van der Waals surface area (Å²) in [6.45, 7) is 3.74. The molecule has 1 aromatic rings. The number of hydrogen-bond acceptors (Lipinski definition) is 6. The zero-order chi connectivity index (χ0) is 13.1. The van der Waals surface area contributed by atoms with E-state index in [4.69, 9.17) is 0 Å². The van der Waals surface area contributed by atoms with E-state index in [2.05, 4.69) is 14.6 Å². The van der Waals surface area contributed by atoms with Gasteiger partial charge in [0, 0.05) is 0 Å². The van der Waals surface area contributed by atoms with Gasteiger partial charge >= 0.3 is 10.0 Å². The van der Waals surface area contributed by atoms with Crippen LogP contribution in [0.3, 0.4) is 0 Å². The summed E-state index contributed by atoms with van der Waals surface area (Å²) >= 11 is 2.57. The van der Waals surface area contributed by atoms with E-state index in [-0.39, 0.29) is 11.1 Å². The van der Waals surface area contributed by atoms with Crippen LogP contribution in [0.1, 0.15) is 19.9 Å². The van der Waals surface area contributed by atoms with Gasteiger partial charge in [-0.25, -0.2) is 0 Å². The van der Waals surface area contributed by atoms with E-state index in [9.17, 15) is 8.42 Å². The highest BCUT2D eigenvalue weighted by molar-refractivity contribution is 8.38. The summed E-state index contributed by atoms with van der Waals surface area (Å²) < 4.78 is 27.9. The third kappa shape index (κ3) is 3.71. The summed E-state index contributed by atoms with van der Waals surface area (Å²) in [7, 11) is -3.74. The molecule has 0 amide bonds. The van der Waals surface area contributed by atoms with Crippen molar-refractivity contribution >= 4 is 37.9 Å². The third-order valence-electron chi connectivity index (χ3n) is 1.76. The normalized spacial score (nSPS) is 11.8. The minimum Gasteiger partial charge on any atom is -0.197 e. The van der Waals surface area contributed by atoms with Gasteiger partial charge in [-0.1, -0.05) is 0 Å². The number of hydrogen-bond donors (Lipinski definition) is 0. The molecular weight excluding hydrogens is 280 g/mol. The smallest absolute Gasteiger partial charge is 0.197 e. The average molecular weight is 294 g/mol. The first-order valence-electron chi connectivity index (χ1n) is 4.75. The molecule has 9 heteroatoms. The molecule has 0 aliphatic rings. The molecule has 0 unspecified atom stereocenters. The molecule has 0 atom stereocenters. The summed E-state index contributed by atoms with van der Waals surface area (Å²) in [4.78, 5) is 1.35. The molecule has 1 aromatic heterocycles. The number of thioether (sulfide) groups is 2. The molecule has 1 rings (SSSR count). The average Bonchev–Trinajstić information content (AvgIpc) is 2.75. The van der Waals surface area contributed by atoms with Crippen LogP contribution >= 0.6 is 23.5 Å². The first kappa shape index (κ1) is 14.5. The third-order valence-corrected chi connectivity index (χ3v) is 5.01. The van der Waals surface area contributed by atoms with E-state index in [1.165, 1.54) is 34.5 Å². The molecule has 17 heavy (non-hydrogen) atoms. The van der Waals surface area contributed by atoms with Crippen LogP contribution in [0.25, 0.3) is 0 Å². The van der Waals surface area contributed by atoms with Crippen LogP contribution in [0.4, 0.5) is 0 Å². The van der Waals surface area contributed by atoms with Crippen LogP contribution in [0.2, 0.25) is 0 Å². The maximum atomic E-state index is 11.9. The molecule has 0 saturated carbocycles. The standard InChI is InChI=1S/C8H14N4O2S3/c1-6(2)12-9-5-7(10-12)17(13,14)11-8(15-3)16-4/h5-6H,1-4H3.